The van der Waals surface area contributed by atoms with E-state index < -0.39 is 0 Å². The maximum Gasteiger partial charge on any atom is -0.0165 e. The van der Waals surface area contributed by atoms with Gasteiger partial charge in [0, 0.05) is 0 Å². The van der Waals surface area contributed by atoms with Crippen LogP contribution in [-0.4, -0.2) is 0 Å². The van der Waals surface area contributed by atoms with Crippen LogP contribution in [0.2, 0.25) is 0 Å². The second kappa shape index (κ2) is 1.50. The van der Waals surface area contributed by atoms with Crippen molar-refractivity contribution in [2.45, 2.75) is 13.3 Å². The zero-order chi connectivity index (χ0) is 6.43. The van der Waals surface area contributed by atoms with Crippen LogP contribution in [0.25, 0.3) is 0 Å². The van der Waals surface area contributed by atoms with Crippen LogP contribution >= 0.6 is 0 Å². The monoisotopic (exact) mass is 120 g/mol. The highest BCUT2D eigenvalue weighted by atomic mass is 14.5. The molecule has 0 aromatic heterocycles. The quantitative estimate of drug-likeness (QED) is 0.498. The van der Waals surface area contributed by atoms with Gasteiger partial charge >= 0.3 is 0 Å². The van der Waals surface area contributed by atoms with Crippen LogP contribution in [0, 0.1) is 17.8 Å². The molecule has 0 heterocycles. The predicted molar refractivity (Wildman–Crippen MR) is 39.0 cm³/mol. The number of hydrogen-bond acceptors (Lipinski definition) is 0. The maximum absolute atomic E-state index is 3.75. The summed E-state index contributed by atoms with van der Waals surface area (Å²) in [5, 5.41) is 0. The van der Waals surface area contributed by atoms with E-state index in [1.54, 1.807) is 0 Å². The van der Waals surface area contributed by atoms with Crippen molar-refractivity contribution in [2.75, 3.05) is 0 Å². The van der Waals surface area contributed by atoms with E-state index >= 15 is 0 Å². The Kier molecular flexibility index (Phi) is 0.879. The molecule has 3 unspecified atom stereocenters. The fourth-order valence-electron chi connectivity index (χ4n) is 1.92. The number of hydrogen-bond donors (Lipinski definition) is 0. The van der Waals surface area contributed by atoms with Crippen LogP contribution in [0.15, 0.2) is 24.3 Å². The molecule has 9 heavy (non-hydrogen) atoms. The molecular weight excluding hydrogens is 108 g/mol. The molecule has 2 rings (SSSR count). The third kappa shape index (κ3) is 0.592. The lowest BCUT2D eigenvalue weighted by Crippen LogP contribution is -1.79. The average molecular weight is 120 g/mol. The van der Waals surface area contributed by atoms with Crippen molar-refractivity contribution in [2.24, 2.45) is 17.8 Å². The number of fused-ring (bicyclic) bond motifs is 1. The summed E-state index contributed by atoms with van der Waals surface area (Å²) in [6, 6.07) is 0. The summed E-state index contributed by atoms with van der Waals surface area (Å²) in [6.07, 6.45) is 5.69. The minimum Gasteiger partial charge on any atom is -0.0988 e. The minimum absolute atomic E-state index is 0.929. The minimum atomic E-state index is 0.929. The third-order valence-electron chi connectivity index (χ3n) is 2.78. The number of allylic oxidation sites excluding steroid dienone is 3. The van der Waals surface area contributed by atoms with Gasteiger partial charge in [0.1, 0.15) is 0 Å². The fourth-order valence-corrected chi connectivity index (χ4v) is 1.92. The van der Waals surface area contributed by atoms with Gasteiger partial charge in [-0.15, -0.1) is 0 Å². The van der Waals surface area contributed by atoms with Crippen molar-refractivity contribution in [3.05, 3.63) is 24.3 Å². The molecule has 0 aromatic carbocycles. The van der Waals surface area contributed by atoms with Gasteiger partial charge in [0.2, 0.25) is 0 Å². The smallest absolute Gasteiger partial charge is 0.0165 e. The van der Waals surface area contributed by atoms with Crippen molar-refractivity contribution in [3.8, 4) is 0 Å². The molecule has 0 N–H and O–H groups in total. The standard InChI is InChI=1S/C9H12/c1-3-7-4-8-6(2)9(8)5-7/h3-4,6,8-9H,1,5H2,2H3. The SMILES string of the molecule is C=CC1=CC2C(C)C2C1. The lowest BCUT2D eigenvalue weighted by molar-refractivity contribution is 0.755. The van der Waals surface area contributed by atoms with E-state index in [-0.39, 0.29) is 0 Å². The highest BCUT2D eigenvalue weighted by Gasteiger charge is 2.48. The van der Waals surface area contributed by atoms with Crippen molar-refractivity contribution < 1.29 is 0 Å². The van der Waals surface area contributed by atoms with Crippen LogP contribution in [0.1, 0.15) is 13.3 Å². The highest BCUT2D eigenvalue weighted by Crippen LogP contribution is 2.55. The summed E-state index contributed by atoms with van der Waals surface area (Å²) in [4.78, 5) is 0. The summed E-state index contributed by atoms with van der Waals surface area (Å²) in [5.74, 6) is 2.91. The van der Waals surface area contributed by atoms with Gasteiger partial charge in [0.05, 0.1) is 0 Å². The second-order valence-corrected chi connectivity index (χ2v) is 3.25. The molecule has 0 spiro atoms. The van der Waals surface area contributed by atoms with Crippen molar-refractivity contribution in [1.29, 1.82) is 0 Å². The zero-order valence-corrected chi connectivity index (χ0v) is 5.80. The Morgan fingerprint density at radius 3 is 3.00 bits per heavy atom. The van der Waals surface area contributed by atoms with E-state index in [2.05, 4.69) is 19.6 Å². The number of rotatable bonds is 1. The van der Waals surface area contributed by atoms with Gasteiger partial charge in [-0.3, -0.25) is 0 Å². The first-order valence-corrected chi connectivity index (χ1v) is 3.66. The molecule has 0 amide bonds. The molecule has 2 aliphatic rings. The summed E-state index contributed by atoms with van der Waals surface area (Å²) in [5.41, 5.74) is 1.48. The van der Waals surface area contributed by atoms with Gasteiger partial charge in [0.25, 0.3) is 0 Å². The second-order valence-electron chi connectivity index (χ2n) is 3.25. The molecule has 0 heteroatoms. The molecule has 1 fully saturated rings. The Bertz CT molecular complexity index is 176. The first kappa shape index (κ1) is 5.28. The average Bonchev–Trinajstić information content (AvgIpc) is 2.32. The van der Waals surface area contributed by atoms with Gasteiger partial charge < -0.3 is 0 Å². The Morgan fingerprint density at radius 2 is 2.56 bits per heavy atom. The highest BCUT2D eigenvalue weighted by molar-refractivity contribution is 5.30. The van der Waals surface area contributed by atoms with Crippen LogP contribution in [0.3, 0.4) is 0 Å². The van der Waals surface area contributed by atoms with Gasteiger partial charge in [-0.1, -0.05) is 31.2 Å². The van der Waals surface area contributed by atoms with E-state index in [9.17, 15) is 0 Å². The Balaban J connectivity index is 2.13. The molecular formula is C9H12. The largest absolute Gasteiger partial charge is 0.0988 e. The topological polar surface area (TPSA) is 0 Å². The molecule has 48 valence electrons. The molecule has 0 bridgehead atoms. The van der Waals surface area contributed by atoms with E-state index in [4.69, 9.17) is 0 Å². The molecule has 0 aromatic rings. The summed E-state index contributed by atoms with van der Waals surface area (Å²) < 4.78 is 0. The molecule has 1 saturated carbocycles. The van der Waals surface area contributed by atoms with E-state index in [0.717, 1.165) is 17.8 Å². The summed E-state index contributed by atoms with van der Waals surface area (Å²) in [7, 11) is 0. The lowest BCUT2D eigenvalue weighted by Gasteiger charge is -1.94. The van der Waals surface area contributed by atoms with Crippen molar-refractivity contribution in [3.63, 3.8) is 0 Å². The molecule has 2 aliphatic carbocycles. The van der Waals surface area contributed by atoms with Crippen LogP contribution in [0.4, 0.5) is 0 Å². The Morgan fingerprint density at radius 1 is 1.78 bits per heavy atom. The maximum atomic E-state index is 3.75. The molecule has 0 radical (unpaired) electrons. The van der Waals surface area contributed by atoms with Crippen molar-refractivity contribution >= 4 is 0 Å². The molecule has 3 atom stereocenters. The summed E-state index contributed by atoms with van der Waals surface area (Å²) >= 11 is 0. The van der Waals surface area contributed by atoms with E-state index in [1.807, 2.05) is 6.08 Å². The van der Waals surface area contributed by atoms with Gasteiger partial charge in [-0.25, -0.2) is 0 Å². The third-order valence-corrected chi connectivity index (χ3v) is 2.78. The first-order valence-electron chi connectivity index (χ1n) is 3.66. The van der Waals surface area contributed by atoms with Gasteiger partial charge in [-0.2, -0.15) is 0 Å². The molecule has 0 nitrogen and oxygen atoms in total. The van der Waals surface area contributed by atoms with Crippen LogP contribution in [-0.2, 0) is 0 Å². The van der Waals surface area contributed by atoms with Gasteiger partial charge in [0.15, 0.2) is 0 Å². The van der Waals surface area contributed by atoms with Crippen LogP contribution < -0.4 is 0 Å². The molecule has 0 saturated heterocycles. The fraction of sp³-hybridized carbons (Fsp3) is 0.556. The normalized spacial score (nSPS) is 45.9. The van der Waals surface area contributed by atoms with E-state index in [0.29, 0.717) is 0 Å². The summed E-state index contributed by atoms with van der Waals surface area (Å²) in [6.45, 7) is 6.09. The van der Waals surface area contributed by atoms with E-state index in [1.165, 1.54) is 12.0 Å². The van der Waals surface area contributed by atoms with Crippen molar-refractivity contribution in [1.82, 2.24) is 0 Å². The lowest BCUT2D eigenvalue weighted by atomic mass is 10.1. The zero-order valence-electron chi connectivity index (χ0n) is 5.80. The Hall–Kier alpha value is -0.520. The van der Waals surface area contributed by atoms with Crippen LogP contribution in [0.5, 0.6) is 0 Å². The first-order chi connectivity index (χ1) is 4.33. The molecule has 0 aliphatic heterocycles. The Labute approximate surface area is 56.3 Å². The van der Waals surface area contributed by atoms with Gasteiger partial charge in [-0.05, 0) is 24.2 Å². The predicted octanol–water partition coefficient (Wildman–Crippen LogP) is 2.38.